The van der Waals surface area contributed by atoms with Crippen molar-refractivity contribution in [1.29, 1.82) is 0 Å². The normalized spacial score (nSPS) is 14.4. The Kier molecular flexibility index (Phi) is 27.2. The highest BCUT2D eigenvalue weighted by Crippen LogP contribution is 2.33. The smallest absolute Gasteiger partial charge is 0.328 e. The van der Waals surface area contributed by atoms with Crippen LogP contribution in [0, 0.1) is 0 Å². The van der Waals surface area contributed by atoms with Crippen LogP contribution in [0.3, 0.4) is 0 Å². The van der Waals surface area contributed by atoms with E-state index in [1.54, 1.807) is 18.2 Å². The predicted molar refractivity (Wildman–Crippen MR) is 269 cm³/mol. The molecule has 3 aromatic rings. The number of benzene rings is 3. The van der Waals surface area contributed by atoms with Crippen molar-refractivity contribution in [3.05, 3.63) is 95.6 Å². The number of ether oxygens (including phenoxy) is 3. The number of nitrogens with one attached hydrogen (secondary N) is 3. The highest BCUT2D eigenvalue weighted by Gasteiger charge is 2.30. The van der Waals surface area contributed by atoms with Crippen LogP contribution in [0.25, 0.3) is 0 Å². The van der Waals surface area contributed by atoms with Crippen LogP contribution in [0.1, 0.15) is 170 Å². The number of carbonyl (C=O) groups excluding carboxylic acids is 6. The summed E-state index contributed by atoms with van der Waals surface area (Å²) < 4.78 is 17.9. The van der Waals surface area contributed by atoms with Crippen molar-refractivity contribution < 1.29 is 53.4 Å². The molecule has 1 aliphatic heterocycles. The van der Waals surface area contributed by atoms with E-state index in [9.17, 15) is 39.2 Å². The molecule has 5 N–H and O–H groups in total. The molecule has 0 spiro atoms. The summed E-state index contributed by atoms with van der Waals surface area (Å²) in [4.78, 5) is 79.0. The lowest BCUT2D eigenvalue weighted by Crippen LogP contribution is -2.48. The third kappa shape index (κ3) is 22.7. The number of hydrogen-bond acceptors (Lipinski definition) is 11. The van der Waals surface area contributed by atoms with Gasteiger partial charge in [-0.1, -0.05) is 151 Å². The van der Waals surface area contributed by atoms with Crippen molar-refractivity contribution in [2.45, 2.75) is 180 Å². The second-order valence-corrected chi connectivity index (χ2v) is 18.5. The lowest BCUT2D eigenvalue weighted by molar-refractivity contribution is -0.167. The maximum atomic E-state index is 13.7. The highest BCUT2D eigenvalue weighted by atomic mass is 16.5. The van der Waals surface area contributed by atoms with Crippen LogP contribution in [-0.2, 0) is 41.9 Å². The van der Waals surface area contributed by atoms with E-state index in [1.807, 2.05) is 60.7 Å². The summed E-state index contributed by atoms with van der Waals surface area (Å²) in [5, 5.41) is 29.7. The van der Waals surface area contributed by atoms with Crippen LogP contribution in [0.4, 0.5) is 0 Å². The molecule has 16 heteroatoms. The Morgan fingerprint density at radius 1 is 0.732 bits per heavy atom. The SMILES string of the molecule is CCCCCCCCCCCCCCCC(=O)N(O)CCCC[C@H](NC(=O)CNC(=O)c1cccc(OCc2ccccc2)c1OCc1ccccc1)C(=O)O[C@H](C)CC(=O)N[C@H]1CCCCN(O)C1=O. The molecule has 0 bridgehead atoms. The first-order valence-corrected chi connectivity index (χ1v) is 26.0. The average Bonchev–Trinajstić information content (AvgIpc) is 3.52. The number of esters is 1. The van der Waals surface area contributed by atoms with Crippen molar-refractivity contribution in [1.82, 2.24) is 26.1 Å². The molecular weight excluding hydrogens is 907 g/mol. The van der Waals surface area contributed by atoms with Gasteiger partial charge in [0.05, 0.1) is 18.5 Å². The first-order chi connectivity index (χ1) is 34.4. The molecule has 71 heavy (non-hydrogen) atoms. The summed E-state index contributed by atoms with van der Waals surface area (Å²) in [6.07, 6.45) is 16.6. The van der Waals surface area contributed by atoms with Crippen molar-refractivity contribution in [2.24, 2.45) is 0 Å². The van der Waals surface area contributed by atoms with E-state index >= 15 is 0 Å². The maximum Gasteiger partial charge on any atom is 0.328 e. The summed E-state index contributed by atoms with van der Waals surface area (Å²) in [6, 6.07) is 21.7. The lowest BCUT2D eigenvalue weighted by atomic mass is 10.0. The molecule has 1 saturated heterocycles. The van der Waals surface area contributed by atoms with E-state index in [1.165, 1.54) is 64.7 Å². The minimum atomic E-state index is -1.22. The van der Waals surface area contributed by atoms with E-state index in [0.29, 0.717) is 54.4 Å². The summed E-state index contributed by atoms with van der Waals surface area (Å²) in [7, 11) is 0. The molecule has 0 radical (unpaired) electrons. The largest absolute Gasteiger partial charge is 0.485 e. The van der Waals surface area contributed by atoms with Crippen molar-refractivity contribution in [3.63, 3.8) is 0 Å². The first-order valence-electron chi connectivity index (χ1n) is 26.0. The quantitative estimate of drug-likeness (QED) is 0.0165. The van der Waals surface area contributed by atoms with Gasteiger partial charge in [0, 0.05) is 19.5 Å². The van der Waals surface area contributed by atoms with Gasteiger partial charge < -0.3 is 30.2 Å². The molecule has 1 aliphatic rings. The number of hydroxylamine groups is 4. The van der Waals surface area contributed by atoms with Gasteiger partial charge in [-0.05, 0) is 75.1 Å². The topological polar surface area (TPSA) is 213 Å². The van der Waals surface area contributed by atoms with Crippen molar-refractivity contribution in [2.75, 3.05) is 19.6 Å². The van der Waals surface area contributed by atoms with Gasteiger partial charge in [-0.3, -0.25) is 34.4 Å². The predicted octanol–water partition coefficient (Wildman–Crippen LogP) is 9.14. The number of hydrogen-bond donors (Lipinski definition) is 5. The van der Waals surface area contributed by atoms with E-state index in [0.717, 1.165) is 30.4 Å². The van der Waals surface area contributed by atoms with Gasteiger partial charge in [-0.15, -0.1) is 0 Å². The first kappa shape index (κ1) is 57.6. The Hall–Kier alpha value is -6.00. The van der Waals surface area contributed by atoms with Crippen LogP contribution < -0.4 is 25.4 Å². The third-order valence-corrected chi connectivity index (χ3v) is 12.4. The van der Waals surface area contributed by atoms with Crippen molar-refractivity contribution in [3.8, 4) is 11.5 Å². The number of amides is 5. The molecule has 3 atom stereocenters. The number of nitrogens with zero attached hydrogens (tertiary/aromatic N) is 2. The maximum absolute atomic E-state index is 13.7. The highest BCUT2D eigenvalue weighted by molar-refractivity contribution is 6.00. The number of carbonyl (C=O) groups is 6. The molecule has 4 rings (SSSR count). The van der Waals surface area contributed by atoms with E-state index in [2.05, 4.69) is 22.9 Å². The Balaban J connectivity index is 1.31. The molecule has 0 saturated carbocycles. The molecule has 390 valence electrons. The fourth-order valence-electron chi connectivity index (χ4n) is 8.32. The zero-order valence-corrected chi connectivity index (χ0v) is 42.1. The Labute approximate surface area is 420 Å². The zero-order valence-electron chi connectivity index (χ0n) is 42.1. The van der Waals surface area contributed by atoms with Crippen LogP contribution in [-0.4, -0.2) is 93.9 Å². The number of rotatable bonds is 34. The monoisotopic (exact) mass is 986 g/mol. The van der Waals surface area contributed by atoms with Gasteiger partial charge in [0.25, 0.3) is 11.8 Å². The van der Waals surface area contributed by atoms with Crippen molar-refractivity contribution >= 4 is 35.5 Å². The Morgan fingerprint density at radius 3 is 1.97 bits per heavy atom. The van der Waals surface area contributed by atoms with Gasteiger partial charge in [-0.25, -0.2) is 14.9 Å². The average molecular weight is 986 g/mol. The summed E-state index contributed by atoms with van der Waals surface area (Å²) in [5.41, 5.74) is 1.89. The fraction of sp³-hybridized carbons (Fsp3) is 0.564. The molecule has 0 aliphatic carbocycles. The zero-order chi connectivity index (χ0) is 51.1. The molecular formula is C55H79N5O11. The molecule has 0 aromatic heterocycles. The van der Waals surface area contributed by atoms with Gasteiger partial charge in [0.2, 0.25) is 17.7 Å². The Bertz CT molecular complexity index is 2060. The van der Waals surface area contributed by atoms with E-state index in [4.69, 9.17) is 14.2 Å². The minimum absolute atomic E-state index is 0.0214. The van der Waals surface area contributed by atoms with Crippen LogP contribution in [0.5, 0.6) is 11.5 Å². The lowest BCUT2D eigenvalue weighted by Gasteiger charge is -2.22. The molecule has 1 heterocycles. The van der Waals surface area contributed by atoms with E-state index in [-0.39, 0.29) is 62.8 Å². The van der Waals surface area contributed by atoms with E-state index < -0.39 is 54.3 Å². The molecule has 16 nitrogen and oxygen atoms in total. The molecule has 3 aromatic carbocycles. The van der Waals surface area contributed by atoms with Crippen LogP contribution in [0.15, 0.2) is 78.9 Å². The second-order valence-electron chi connectivity index (χ2n) is 18.5. The van der Waals surface area contributed by atoms with Gasteiger partial charge in [0.1, 0.15) is 31.4 Å². The molecule has 0 unspecified atom stereocenters. The number of unbranched alkanes of at least 4 members (excludes halogenated alkanes) is 13. The minimum Gasteiger partial charge on any atom is -0.485 e. The summed E-state index contributed by atoms with van der Waals surface area (Å²) >= 11 is 0. The Morgan fingerprint density at radius 2 is 1.34 bits per heavy atom. The van der Waals surface area contributed by atoms with Crippen LogP contribution in [0.2, 0.25) is 0 Å². The van der Waals surface area contributed by atoms with Gasteiger partial charge in [0.15, 0.2) is 11.5 Å². The van der Waals surface area contributed by atoms with Gasteiger partial charge in [-0.2, -0.15) is 0 Å². The summed E-state index contributed by atoms with van der Waals surface area (Å²) in [5.74, 6) is -3.21. The molecule has 5 amide bonds. The number of para-hydroxylation sites is 1. The molecule has 1 fully saturated rings. The summed E-state index contributed by atoms with van der Waals surface area (Å²) in [6.45, 7) is 3.76. The van der Waals surface area contributed by atoms with Gasteiger partial charge >= 0.3 is 5.97 Å². The van der Waals surface area contributed by atoms with Crippen LogP contribution >= 0.6 is 0 Å². The fourth-order valence-corrected chi connectivity index (χ4v) is 8.32. The second kappa shape index (κ2) is 33.6. The third-order valence-electron chi connectivity index (χ3n) is 12.4. The standard InChI is InChI=1S/C55H79N5O11/c1-3-4-5-6-7-8-9-10-11-12-13-14-21-35-51(63)59(67)36-24-23-33-47(55(66)71-42(2)38-49(61)57-46-32-22-25-37-60(68)54(46)65)58-50(62)39-56-53(64)45-31-26-34-48(69-40-43-27-17-15-18-28-43)52(45)70-41-44-29-19-16-20-30-44/h15-20,26-31,34,42,46-47,67-68H,3-14,21-25,32-33,35-41H2,1-2H3,(H,56,64)(H,57,61)(H,58,62)/t42-,46+,47+/m1/s1.